The third-order valence-electron chi connectivity index (χ3n) is 5.43. The lowest BCUT2D eigenvalue weighted by Gasteiger charge is -2.12. The zero-order valence-corrected chi connectivity index (χ0v) is 20.1. The zero-order chi connectivity index (χ0) is 23.5. The summed E-state index contributed by atoms with van der Waals surface area (Å²) in [6.07, 6.45) is 0.698. The van der Waals surface area contributed by atoms with E-state index in [9.17, 15) is 9.59 Å². The first-order valence-electron chi connectivity index (χ1n) is 10.9. The first-order valence-corrected chi connectivity index (χ1v) is 11.9. The number of imidazole rings is 1. The van der Waals surface area contributed by atoms with E-state index in [4.69, 9.17) is 0 Å². The Morgan fingerprint density at radius 1 is 1.03 bits per heavy atom. The standard InChI is InChI=1S/C24H28N6O2S/c1-16(2)14-30-21(12-17-8-6-5-7-9-17)26-27-23(30)33-15-22(31)25-18-10-11-19-20(13-18)29(4)24(32)28(19)3/h5-11,13,16H,12,14-15H2,1-4H3,(H,25,31). The monoisotopic (exact) mass is 464 g/mol. The summed E-state index contributed by atoms with van der Waals surface area (Å²) in [6.45, 7) is 5.10. The Bertz CT molecular complexity index is 1340. The highest BCUT2D eigenvalue weighted by atomic mass is 32.2. The maximum absolute atomic E-state index is 12.6. The number of aromatic nitrogens is 5. The lowest BCUT2D eigenvalue weighted by Crippen LogP contribution is -2.19. The van der Waals surface area contributed by atoms with Crippen LogP contribution in [0.1, 0.15) is 25.2 Å². The summed E-state index contributed by atoms with van der Waals surface area (Å²) < 4.78 is 5.27. The van der Waals surface area contributed by atoms with Crippen molar-refractivity contribution in [2.75, 3.05) is 11.1 Å². The van der Waals surface area contributed by atoms with Crippen LogP contribution >= 0.6 is 11.8 Å². The molecule has 0 unspecified atom stereocenters. The Morgan fingerprint density at radius 2 is 1.76 bits per heavy atom. The van der Waals surface area contributed by atoms with E-state index in [1.54, 1.807) is 23.2 Å². The molecule has 0 aliphatic carbocycles. The summed E-state index contributed by atoms with van der Waals surface area (Å²) >= 11 is 1.38. The highest BCUT2D eigenvalue weighted by Gasteiger charge is 2.16. The van der Waals surface area contributed by atoms with Crippen LogP contribution in [0, 0.1) is 5.92 Å². The summed E-state index contributed by atoms with van der Waals surface area (Å²) in [4.78, 5) is 24.8. The van der Waals surface area contributed by atoms with Crippen molar-refractivity contribution < 1.29 is 4.79 Å². The molecule has 0 saturated carbocycles. The number of carbonyl (C=O) groups excluding carboxylic acids is 1. The second kappa shape index (κ2) is 9.66. The molecule has 4 aromatic rings. The number of nitrogens with one attached hydrogen (secondary N) is 1. The van der Waals surface area contributed by atoms with Gasteiger partial charge < -0.3 is 9.88 Å². The van der Waals surface area contributed by atoms with Crippen molar-refractivity contribution in [3.05, 3.63) is 70.4 Å². The van der Waals surface area contributed by atoms with Crippen molar-refractivity contribution in [3.8, 4) is 0 Å². The van der Waals surface area contributed by atoms with Gasteiger partial charge in [0, 0.05) is 32.7 Å². The number of thioether (sulfide) groups is 1. The predicted octanol–water partition coefficient (Wildman–Crippen LogP) is 3.45. The van der Waals surface area contributed by atoms with Crippen LogP contribution in [-0.2, 0) is 31.9 Å². The third kappa shape index (κ3) is 5.03. The van der Waals surface area contributed by atoms with Crippen molar-refractivity contribution in [1.82, 2.24) is 23.9 Å². The number of hydrogen-bond donors (Lipinski definition) is 1. The van der Waals surface area contributed by atoms with Gasteiger partial charge in [0.1, 0.15) is 5.82 Å². The normalized spacial score (nSPS) is 11.4. The predicted molar refractivity (Wildman–Crippen MR) is 132 cm³/mol. The SMILES string of the molecule is CC(C)Cn1c(Cc2ccccc2)nnc1SCC(=O)Nc1ccc2c(c1)n(C)c(=O)n2C. The number of nitrogens with zero attached hydrogens (tertiary/aromatic N) is 5. The molecule has 4 rings (SSSR count). The summed E-state index contributed by atoms with van der Waals surface area (Å²) in [6, 6.07) is 15.7. The van der Waals surface area contributed by atoms with Crippen molar-refractivity contribution >= 4 is 34.4 Å². The van der Waals surface area contributed by atoms with E-state index in [-0.39, 0.29) is 17.3 Å². The van der Waals surface area contributed by atoms with Crippen LogP contribution in [0.25, 0.3) is 11.0 Å². The highest BCUT2D eigenvalue weighted by molar-refractivity contribution is 7.99. The zero-order valence-electron chi connectivity index (χ0n) is 19.3. The van der Waals surface area contributed by atoms with Crippen LogP contribution in [0.2, 0.25) is 0 Å². The maximum atomic E-state index is 12.6. The Morgan fingerprint density at radius 3 is 2.48 bits per heavy atom. The smallest absolute Gasteiger partial charge is 0.325 e. The molecular formula is C24H28N6O2S. The van der Waals surface area contributed by atoms with Gasteiger partial charge in [-0.1, -0.05) is 55.9 Å². The molecule has 1 amide bonds. The van der Waals surface area contributed by atoms with Gasteiger partial charge in [0.2, 0.25) is 5.91 Å². The van der Waals surface area contributed by atoms with Gasteiger partial charge in [-0.2, -0.15) is 0 Å². The maximum Gasteiger partial charge on any atom is 0.328 e. The van der Waals surface area contributed by atoms with E-state index in [2.05, 4.69) is 46.1 Å². The average Bonchev–Trinajstić information content (AvgIpc) is 3.26. The summed E-state index contributed by atoms with van der Waals surface area (Å²) in [7, 11) is 3.46. The molecule has 0 bridgehead atoms. The highest BCUT2D eigenvalue weighted by Crippen LogP contribution is 2.22. The molecule has 2 heterocycles. The van der Waals surface area contributed by atoms with Crippen LogP contribution in [0.5, 0.6) is 0 Å². The van der Waals surface area contributed by atoms with Crippen LogP contribution in [0.4, 0.5) is 5.69 Å². The van der Waals surface area contributed by atoms with Crippen molar-refractivity contribution in [3.63, 3.8) is 0 Å². The number of fused-ring (bicyclic) bond motifs is 1. The van der Waals surface area contributed by atoms with Gasteiger partial charge in [-0.3, -0.25) is 13.9 Å². The molecule has 9 heteroatoms. The number of hydrogen-bond acceptors (Lipinski definition) is 5. The molecule has 8 nitrogen and oxygen atoms in total. The molecule has 0 fully saturated rings. The largest absolute Gasteiger partial charge is 0.328 e. The molecule has 0 aliphatic heterocycles. The summed E-state index contributed by atoms with van der Waals surface area (Å²) in [5, 5.41) is 12.4. The molecule has 172 valence electrons. The lowest BCUT2D eigenvalue weighted by molar-refractivity contribution is -0.113. The van der Waals surface area contributed by atoms with Crippen molar-refractivity contribution in [2.45, 2.75) is 32.0 Å². The van der Waals surface area contributed by atoms with Gasteiger partial charge in [0.05, 0.1) is 16.8 Å². The van der Waals surface area contributed by atoms with Gasteiger partial charge in [0.15, 0.2) is 5.16 Å². The van der Waals surface area contributed by atoms with Gasteiger partial charge in [0.25, 0.3) is 0 Å². The molecule has 1 N–H and O–H groups in total. The molecule has 2 aromatic carbocycles. The number of benzene rings is 2. The van der Waals surface area contributed by atoms with Crippen LogP contribution in [0.3, 0.4) is 0 Å². The molecule has 0 atom stereocenters. The second-order valence-corrected chi connectivity index (χ2v) is 9.45. The second-order valence-electron chi connectivity index (χ2n) is 8.51. The Labute approximate surface area is 196 Å². The Balaban J connectivity index is 1.46. The van der Waals surface area contributed by atoms with Crippen LogP contribution in [0.15, 0.2) is 58.5 Å². The van der Waals surface area contributed by atoms with Gasteiger partial charge in [-0.25, -0.2) is 4.79 Å². The molecule has 0 saturated heterocycles. The summed E-state index contributed by atoms with van der Waals surface area (Å²) in [5.74, 6) is 1.40. The molecule has 0 aliphatic rings. The minimum absolute atomic E-state index is 0.0974. The molecule has 2 aromatic heterocycles. The van der Waals surface area contributed by atoms with E-state index in [1.807, 2.05) is 36.4 Å². The Kier molecular flexibility index (Phi) is 6.69. The lowest BCUT2D eigenvalue weighted by atomic mass is 10.1. The van der Waals surface area contributed by atoms with E-state index in [1.165, 1.54) is 17.3 Å². The number of rotatable bonds is 8. The molecule has 33 heavy (non-hydrogen) atoms. The van der Waals surface area contributed by atoms with Crippen LogP contribution in [-0.4, -0.2) is 35.6 Å². The van der Waals surface area contributed by atoms with E-state index in [0.717, 1.165) is 28.6 Å². The first-order chi connectivity index (χ1) is 15.8. The molecular weight excluding hydrogens is 436 g/mol. The molecule has 0 radical (unpaired) electrons. The summed E-state index contributed by atoms with van der Waals surface area (Å²) in [5.41, 5.74) is 3.33. The quantitative estimate of drug-likeness (QED) is 0.404. The topological polar surface area (TPSA) is 86.7 Å². The van der Waals surface area contributed by atoms with E-state index >= 15 is 0 Å². The van der Waals surface area contributed by atoms with Gasteiger partial charge >= 0.3 is 5.69 Å². The number of anilines is 1. The molecule has 0 spiro atoms. The fourth-order valence-corrected chi connectivity index (χ4v) is 4.56. The van der Waals surface area contributed by atoms with Crippen molar-refractivity contribution in [1.29, 1.82) is 0 Å². The van der Waals surface area contributed by atoms with Gasteiger partial charge in [-0.05, 0) is 29.7 Å². The fraction of sp³-hybridized carbons (Fsp3) is 0.333. The third-order valence-corrected chi connectivity index (χ3v) is 6.40. The van der Waals surface area contributed by atoms with Crippen LogP contribution < -0.4 is 11.0 Å². The van der Waals surface area contributed by atoms with E-state index in [0.29, 0.717) is 18.0 Å². The minimum Gasteiger partial charge on any atom is -0.325 e. The van der Waals surface area contributed by atoms with E-state index < -0.39 is 0 Å². The number of aryl methyl sites for hydroxylation is 2. The van der Waals surface area contributed by atoms with Gasteiger partial charge in [-0.15, -0.1) is 10.2 Å². The minimum atomic E-state index is -0.135. The van der Waals surface area contributed by atoms with Crippen molar-refractivity contribution in [2.24, 2.45) is 20.0 Å². The number of amides is 1. The average molecular weight is 465 g/mol. The fourth-order valence-electron chi connectivity index (χ4n) is 3.80. The Hall–Kier alpha value is -3.33. The first kappa shape index (κ1) is 22.8. The number of carbonyl (C=O) groups is 1.